The minimum atomic E-state index is -0.328. The lowest BCUT2D eigenvalue weighted by molar-refractivity contribution is -0.185. The van der Waals surface area contributed by atoms with E-state index >= 15 is 0 Å². The van der Waals surface area contributed by atoms with Crippen molar-refractivity contribution in [3.63, 3.8) is 0 Å². The zero-order chi connectivity index (χ0) is 17.1. The Morgan fingerprint density at radius 3 is 2.76 bits per heavy atom. The van der Waals surface area contributed by atoms with Crippen LogP contribution >= 0.6 is 0 Å². The van der Waals surface area contributed by atoms with Gasteiger partial charge in [-0.15, -0.1) is 0 Å². The van der Waals surface area contributed by atoms with Gasteiger partial charge in [0, 0.05) is 38.0 Å². The number of hydrogen-bond donors (Lipinski definition) is 0. The summed E-state index contributed by atoms with van der Waals surface area (Å²) in [7, 11) is 0. The number of nitrogens with zero attached hydrogens (tertiary/aromatic N) is 2. The fourth-order valence-electron chi connectivity index (χ4n) is 3.46. The number of likely N-dealkylation sites (tertiary alicyclic amines) is 1. The smallest absolute Gasteiger partial charge is 0.226 e. The lowest BCUT2D eigenvalue weighted by Crippen LogP contribution is -2.44. The van der Waals surface area contributed by atoms with Crippen LogP contribution in [0.15, 0.2) is 34.9 Å². The van der Waals surface area contributed by atoms with Crippen LogP contribution in [0.25, 0.3) is 11.5 Å². The highest BCUT2D eigenvalue weighted by Gasteiger charge is 2.39. The Kier molecular flexibility index (Phi) is 4.74. The topological polar surface area (TPSA) is 57.0 Å². The lowest BCUT2D eigenvalue weighted by atomic mass is 10.0. The van der Waals surface area contributed by atoms with Crippen molar-refractivity contribution in [2.24, 2.45) is 0 Å². The molecule has 25 heavy (non-hydrogen) atoms. The molecule has 4 rings (SSSR count). The number of ether oxygens (including phenoxy) is 3. The largest absolute Gasteiger partial charge is 0.494 e. The zero-order valence-corrected chi connectivity index (χ0v) is 14.6. The molecule has 134 valence electrons. The average molecular weight is 344 g/mol. The van der Waals surface area contributed by atoms with Gasteiger partial charge in [0.2, 0.25) is 5.89 Å². The van der Waals surface area contributed by atoms with Crippen molar-refractivity contribution in [1.82, 2.24) is 9.88 Å². The number of rotatable bonds is 5. The zero-order valence-electron chi connectivity index (χ0n) is 14.6. The van der Waals surface area contributed by atoms with Gasteiger partial charge >= 0.3 is 0 Å². The maximum atomic E-state index is 5.78. The first kappa shape index (κ1) is 16.6. The molecule has 0 bridgehead atoms. The van der Waals surface area contributed by atoms with Crippen molar-refractivity contribution in [2.75, 3.05) is 32.9 Å². The molecule has 1 aromatic carbocycles. The predicted molar refractivity (Wildman–Crippen MR) is 92.3 cm³/mol. The fourth-order valence-corrected chi connectivity index (χ4v) is 3.46. The molecule has 6 nitrogen and oxygen atoms in total. The lowest BCUT2D eigenvalue weighted by Gasteiger charge is -2.37. The van der Waals surface area contributed by atoms with Gasteiger partial charge in [0.25, 0.3) is 0 Å². The Morgan fingerprint density at radius 1 is 1.20 bits per heavy atom. The summed E-state index contributed by atoms with van der Waals surface area (Å²) >= 11 is 0. The van der Waals surface area contributed by atoms with Gasteiger partial charge in [-0.3, -0.25) is 4.90 Å². The summed E-state index contributed by atoms with van der Waals surface area (Å²) in [5.41, 5.74) is 1.88. The van der Waals surface area contributed by atoms with Crippen LogP contribution < -0.4 is 4.74 Å². The number of oxazole rings is 1. The molecule has 0 N–H and O–H groups in total. The van der Waals surface area contributed by atoms with E-state index < -0.39 is 0 Å². The Morgan fingerprint density at radius 2 is 2.00 bits per heavy atom. The second kappa shape index (κ2) is 7.15. The molecule has 0 saturated carbocycles. The molecule has 2 saturated heterocycles. The Balaban J connectivity index is 1.38. The van der Waals surface area contributed by atoms with Crippen molar-refractivity contribution >= 4 is 0 Å². The average Bonchev–Trinajstić information content (AvgIpc) is 3.28. The van der Waals surface area contributed by atoms with Crippen LogP contribution in [-0.4, -0.2) is 48.6 Å². The fraction of sp³-hybridized carbons (Fsp3) is 0.526. The van der Waals surface area contributed by atoms with E-state index in [1.165, 1.54) is 0 Å². The van der Waals surface area contributed by atoms with E-state index in [1.54, 1.807) is 6.26 Å². The third-order valence-corrected chi connectivity index (χ3v) is 4.76. The van der Waals surface area contributed by atoms with Crippen LogP contribution in [0.1, 0.15) is 25.5 Å². The molecular formula is C19H24N2O4. The molecule has 0 unspecified atom stereocenters. The Bertz CT molecular complexity index is 699. The third-order valence-electron chi connectivity index (χ3n) is 4.76. The number of hydrogen-bond acceptors (Lipinski definition) is 6. The van der Waals surface area contributed by atoms with Crippen LogP contribution in [0.5, 0.6) is 5.75 Å². The highest BCUT2D eigenvalue weighted by molar-refractivity contribution is 5.56. The van der Waals surface area contributed by atoms with E-state index in [9.17, 15) is 0 Å². The first-order valence-corrected chi connectivity index (χ1v) is 8.94. The second-order valence-corrected chi connectivity index (χ2v) is 6.49. The monoisotopic (exact) mass is 344 g/mol. The molecule has 1 aromatic heterocycles. The Labute approximate surface area is 147 Å². The molecule has 2 fully saturated rings. The highest BCUT2D eigenvalue weighted by atomic mass is 16.7. The van der Waals surface area contributed by atoms with Crippen molar-refractivity contribution in [3.8, 4) is 17.2 Å². The molecule has 1 spiro atoms. The van der Waals surface area contributed by atoms with Gasteiger partial charge < -0.3 is 18.6 Å². The van der Waals surface area contributed by atoms with E-state index in [-0.39, 0.29) is 5.79 Å². The van der Waals surface area contributed by atoms with E-state index in [2.05, 4.69) is 9.88 Å². The number of benzene rings is 1. The van der Waals surface area contributed by atoms with Gasteiger partial charge in [-0.25, -0.2) is 4.98 Å². The maximum Gasteiger partial charge on any atom is 0.226 e. The summed E-state index contributed by atoms with van der Waals surface area (Å²) in [4.78, 5) is 7.01. The molecule has 0 atom stereocenters. The van der Waals surface area contributed by atoms with Gasteiger partial charge in [-0.05, 0) is 25.1 Å². The van der Waals surface area contributed by atoms with E-state index in [4.69, 9.17) is 18.6 Å². The summed E-state index contributed by atoms with van der Waals surface area (Å²) in [6.07, 6.45) is 3.57. The van der Waals surface area contributed by atoms with Crippen LogP contribution in [0.4, 0.5) is 0 Å². The molecule has 6 heteroatoms. The molecular weight excluding hydrogens is 320 g/mol. The van der Waals surface area contributed by atoms with Crippen molar-refractivity contribution in [3.05, 3.63) is 36.2 Å². The normalized spacial score (nSPS) is 20.2. The SMILES string of the molecule is CCOc1cccc(-c2nc(CN3CCC4(CC3)OCCO4)co2)c1. The molecule has 2 aliphatic heterocycles. The summed E-state index contributed by atoms with van der Waals surface area (Å²) in [5.74, 6) is 1.13. The molecule has 3 heterocycles. The van der Waals surface area contributed by atoms with Crippen molar-refractivity contribution < 1.29 is 18.6 Å². The van der Waals surface area contributed by atoms with Gasteiger partial charge in [-0.1, -0.05) is 6.07 Å². The molecule has 0 radical (unpaired) electrons. The molecule has 0 aliphatic carbocycles. The minimum Gasteiger partial charge on any atom is -0.494 e. The summed E-state index contributed by atoms with van der Waals surface area (Å²) in [6, 6.07) is 7.83. The summed E-state index contributed by atoms with van der Waals surface area (Å²) in [5, 5.41) is 0. The third kappa shape index (κ3) is 3.71. The quantitative estimate of drug-likeness (QED) is 0.831. The standard InChI is InChI=1S/C19H24N2O4/c1-2-22-17-5-3-4-15(12-17)18-20-16(14-23-18)13-21-8-6-19(7-9-21)24-10-11-25-19/h3-5,12,14H,2,6-11,13H2,1H3. The molecule has 2 aromatic rings. The van der Waals surface area contributed by atoms with E-state index in [0.717, 1.165) is 49.5 Å². The molecule has 2 aliphatic rings. The van der Waals surface area contributed by atoms with Gasteiger partial charge in [0.05, 0.1) is 25.5 Å². The summed E-state index contributed by atoms with van der Waals surface area (Å²) in [6.45, 7) is 6.72. The van der Waals surface area contributed by atoms with Crippen LogP contribution in [-0.2, 0) is 16.0 Å². The van der Waals surface area contributed by atoms with Crippen LogP contribution in [0, 0.1) is 0 Å². The minimum absolute atomic E-state index is 0.328. The first-order chi connectivity index (χ1) is 12.3. The second-order valence-electron chi connectivity index (χ2n) is 6.49. The maximum absolute atomic E-state index is 5.78. The van der Waals surface area contributed by atoms with Gasteiger partial charge in [0.1, 0.15) is 12.0 Å². The number of aromatic nitrogens is 1. The van der Waals surface area contributed by atoms with Gasteiger partial charge in [-0.2, -0.15) is 0 Å². The summed E-state index contributed by atoms with van der Waals surface area (Å²) < 4.78 is 22.8. The van der Waals surface area contributed by atoms with E-state index in [1.807, 2.05) is 31.2 Å². The van der Waals surface area contributed by atoms with Crippen molar-refractivity contribution in [2.45, 2.75) is 32.1 Å². The first-order valence-electron chi connectivity index (χ1n) is 8.94. The predicted octanol–water partition coefficient (Wildman–Crippen LogP) is 3.08. The number of piperidine rings is 1. The molecule has 0 amide bonds. The highest BCUT2D eigenvalue weighted by Crippen LogP contribution is 2.32. The van der Waals surface area contributed by atoms with E-state index in [0.29, 0.717) is 25.7 Å². The van der Waals surface area contributed by atoms with Crippen LogP contribution in [0.2, 0.25) is 0 Å². The Hall–Kier alpha value is -1.89. The van der Waals surface area contributed by atoms with Gasteiger partial charge in [0.15, 0.2) is 5.79 Å². The van der Waals surface area contributed by atoms with Crippen molar-refractivity contribution in [1.29, 1.82) is 0 Å². The van der Waals surface area contributed by atoms with Crippen LogP contribution in [0.3, 0.4) is 0 Å².